The highest BCUT2D eigenvalue weighted by molar-refractivity contribution is 7.12. The van der Waals surface area contributed by atoms with Crippen molar-refractivity contribution in [1.82, 2.24) is 15.1 Å². The molecule has 23 heavy (non-hydrogen) atoms. The summed E-state index contributed by atoms with van der Waals surface area (Å²) in [6.45, 7) is 6.48. The van der Waals surface area contributed by atoms with Crippen LogP contribution in [0, 0.1) is 0 Å². The van der Waals surface area contributed by atoms with Gasteiger partial charge in [-0.2, -0.15) is 4.98 Å². The maximum atomic E-state index is 6.34. The van der Waals surface area contributed by atoms with Crippen molar-refractivity contribution in [3.05, 3.63) is 27.8 Å². The average Bonchev–Trinajstić information content (AvgIpc) is 3.16. The average molecular weight is 355 g/mol. The van der Waals surface area contributed by atoms with Gasteiger partial charge in [0.1, 0.15) is 0 Å². The lowest BCUT2D eigenvalue weighted by Crippen LogP contribution is -2.34. The van der Waals surface area contributed by atoms with Crippen molar-refractivity contribution in [2.75, 3.05) is 0 Å². The van der Waals surface area contributed by atoms with Gasteiger partial charge in [-0.3, -0.25) is 0 Å². The molecule has 7 heteroatoms. The Bertz CT molecular complexity index is 680. The van der Waals surface area contributed by atoms with Crippen LogP contribution in [-0.2, 0) is 11.0 Å². The number of hydrogen-bond acceptors (Lipinski definition) is 6. The van der Waals surface area contributed by atoms with Crippen molar-refractivity contribution in [2.45, 2.75) is 57.4 Å². The van der Waals surface area contributed by atoms with Crippen LogP contribution in [0.3, 0.4) is 0 Å². The van der Waals surface area contributed by atoms with Crippen LogP contribution in [-0.4, -0.2) is 15.1 Å². The molecule has 0 unspecified atom stereocenters. The van der Waals surface area contributed by atoms with Crippen LogP contribution < -0.4 is 5.73 Å². The molecule has 3 rings (SSSR count). The van der Waals surface area contributed by atoms with Crippen LogP contribution in [0.25, 0.3) is 12.2 Å². The minimum absolute atomic E-state index is 0. The summed E-state index contributed by atoms with van der Waals surface area (Å²) in [6, 6.07) is 0. The number of rotatable bonds is 3. The number of aromatic nitrogens is 3. The summed E-state index contributed by atoms with van der Waals surface area (Å²) in [4.78, 5) is 9.97. The molecule has 1 aliphatic carbocycles. The molecule has 0 atom stereocenters. The quantitative estimate of drug-likeness (QED) is 0.895. The second-order valence-electron chi connectivity index (χ2n) is 6.97. The molecule has 1 saturated carbocycles. The summed E-state index contributed by atoms with van der Waals surface area (Å²) in [5.74, 6) is 1.13. The normalized spacial score (nSPS) is 17.6. The summed E-state index contributed by atoms with van der Waals surface area (Å²) >= 11 is 1.68. The van der Waals surface area contributed by atoms with Crippen LogP contribution in [0.15, 0.2) is 10.7 Å². The van der Waals surface area contributed by atoms with Gasteiger partial charge in [0, 0.05) is 22.6 Å². The second kappa shape index (κ2) is 6.71. The zero-order valence-corrected chi connectivity index (χ0v) is 15.3. The van der Waals surface area contributed by atoms with Crippen LogP contribution in [0.1, 0.15) is 68.1 Å². The van der Waals surface area contributed by atoms with Gasteiger partial charge in [0.05, 0.1) is 10.5 Å². The van der Waals surface area contributed by atoms with Gasteiger partial charge in [-0.15, -0.1) is 23.7 Å². The molecule has 126 valence electrons. The maximum Gasteiger partial charge on any atom is 0.250 e. The molecule has 0 spiro atoms. The van der Waals surface area contributed by atoms with Crippen molar-refractivity contribution in [3.63, 3.8) is 0 Å². The molecule has 0 amide bonds. The first kappa shape index (κ1) is 18.1. The van der Waals surface area contributed by atoms with Crippen molar-refractivity contribution < 1.29 is 4.52 Å². The van der Waals surface area contributed by atoms with Gasteiger partial charge in [0.25, 0.3) is 5.89 Å². The fourth-order valence-corrected chi connectivity index (χ4v) is 3.47. The van der Waals surface area contributed by atoms with Gasteiger partial charge < -0.3 is 10.3 Å². The molecule has 1 aliphatic rings. The number of hydrogen-bond donors (Lipinski definition) is 1. The molecule has 0 saturated heterocycles. The molecule has 2 heterocycles. The van der Waals surface area contributed by atoms with Crippen molar-refractivity contribution in [1.29, 1.82) is 0 Å². The largest absolute Gasteiger partial charge is 0.335 e. The SMILES string of the molecule is CC(C)(C)c1ncc(/C=C/c2nc(C3(N)CCCC3)no2)s1.Cl. The van der Waals surface area contributed by atoms with Crippen LogP contribution in [0.4, 0.5) is 0 Å². The third-order valence-corrected chi connectivity index (χ3v) is 5.33. The first-order valence-electron chi connectivity index (χ1n) is 7.64. The van der Waals surface area contributed by atoms with Crippen LogP contribution in [0.5, 0.6) is 0 Å². The molecule has 0 bridgehead atoms. The fourth-order valence-electron chi connectivity index (χ4n) is 2.60. The summed E-state index contributed by atoms with van der Waals surface area (Å²) in [5, 5.41) is 5.17. The number of nitrogens with zero attached hydrogens (tertiary/aromatic N) is 3. The lowest BCUT2D eigenvalue weighted by molar-refractivity contribution is 0.364. The van der Waals surface area contributed by atoms with E-state index in [-0.39, 0.29) is 17.8 Å². The highest BCUT2D eigenvalue weighted by atomic mass is 35.5. The highest BCUT2D eigenvalue weighted by Gasteiger charge is 2.35. The Labute approximate surface area is 146 Å². The topological polar surface area (TPSA) is 77.8 Å². The van der Waals surface area contributed by atoms with Crippen LogP contribution >= 0.6 is 23.7 Å². The van der Waals surface area contributed by atoms with Gasteiger partial charge in [-0.25, -0.2) is 4.98 Å². The number of thiazole rings is 1. The van der Waals surface area contributed by atoms with E-state index in [0.717, 1.165) is 35.6 Å². The van der Waals surface area contributed by atoms with Crippen molar-refractivity contribution >= 4 is 35.9 Å². The predicted octanol–water partition coefficient (Wildman–Crippen LogP) is 4.14. The molecule has 2 N–H and O–H groups in total. The third-order valence-electron chi connectivity index (χ3n) is 3.94. The Morgan fingerprint density at radius 1 is 1.26 bits per heavy atom. The zero-order chi connectivity index (χ0) is 15.8. The van der Waals surface area contributed by atoms with E-state index in [2.05, 4.69) is 35.9 Å². The monoisotopic (exact) mass is 354 g/mol. The first-order chi connectivity index (χ1) is 10.4. The van der Waals surface area contributed by atoms with Gasteiger partial charge >= 0.3 is 0 Å². The lowest BCUT2D eigenvalue weighted by Gasteiger charge is -2.17. The smallest absolute Gasteiger partial charge is 0.250 e. The van der Waals surface area contributed by atoms with Gasteiger partial charge in [-0.1, -0.05) is 38.8 Å². The van der Waals surface area contributed by atoms with Gasteiger partial charge in [-0.05, 0) is 18.9 Å². The van der Waals surface area contributed by atoms with Crippen LogP contribution in [0.2, 0.25) is 0 Å². The molecule has 1 fully saturated rings. The first-order valence-corrected chi connectivity index (χ1v) is 8.46. The minimum atomic E-state index is -0.403. The Morgan fingerprint density at radius 2 is 1.96 bits per heavy atom. The summed E-state index contributed by atoms with van der Waals surface area (Å²) in [5.41, 5.74) is 6.00. The number of nitrogens with two attached hydrogens (primary N) is 1. The molecule has 0 aromatic carbocycles. The molecular formula is C16H23ClN4OS. The van der Waals surface area contributed by atoms with E-state index in [1.165, 1.54) is 0 Å². The Kier molecular flexibility index (Phi) is 5.28. The van der Waals surface area contributed by atoms with E-state index in [0.29, 0.717) is 11.7 Å². The molecule has 5 nitrogen and oxygen atoms in total. The van der Waals surface area contributed by atoms with E-state index in [9.17, 15) is 0 Å². The third kappa shape index (κ3) is 4.00. The maximum absolute atomic E-state index is 6.34. The summed E-state index contributed by atoms with van der Waals surface area (Å²) in [6.07, 6.45) is 9.79. The molecule has 0 radical (unpaired) electrons. The lowest BCUT2D eigenvalue weighted by atomic mass is 9.98. The Balaban J connectivity index is 0.00000192. The molecule has 2 aromatic rings. The van der Waals surface area contributed by atoms with E-state index >= 15 is 0 Å². The molecular weight excluding hydrogens is 332 g/mol. The van der Waals surface area contributed by atoms with E-state index in [1.54, 1.807) is 11.3 Å². The van der Waals surface area contributed by atoms with Gasteiger partial charge in [0.15, 0.2) is 5.82 Å². The standard InChI is InChI=1S/C16H22N4OS.ClH/c1-15(2,3)14-18-10-11(22-14)6-7-12-19-13(20-21-12)16(17)8-4-5-9-16;/h6-7,10H,4-5,8-9,17H2,1-3H3;1H/b7-6+;. The van der Waals surface area contributed by atoms with Crippen molar-refractivity contribution in [3.8, 4) is 0 Å². The Hall–Kier alpha value is -1.24. The fraction of sp³-hybridized carbons (Fsp3) is 0.562. The number of halogens is 1. The summed E-state index contributed by atoms with van der Waals surface area (Å²) < 4.78 is 5.29. The van der Waals surface area contributed by atoms with E-state index in [4.69, 9.17) is 10.3 Å². The predicted molar refractivity (Wildman–Crippen MR) is 95.6 cm³/mol. The zero-order valence-electron chi connectivity index (χ0n) is 13.7. The van der Waals surface area contributed by atoms with Crippen molar-refractivity contribution in [2.24, 2.45) is 5.73 Å². The van der Waals surface area contributed by atoms with E-state index in [1.807, 2.05) is 18.3 Å². The highest BCUT2D eigenvalue weighted by Crippen LogP contribution is 2.34. The van der Waals surface area contributed by atoms with Gasteiger partial charge in [0.2, 0.25) is 0 Å². The van der Waals surface area contributed by atoms with E-state index < -0.39 is 5.54 Å². The second-order valence-corrected chi connectivity index (χ2v) is 8.03. The minimum Gasteiger partial charge on any atom is -0.335 e. The summed E-state index contributed by atoms with van der Waals surface area (Å²) in [7, 11) is 0. The molecule has 0 aliphatic heterocycles. The Morgan fingerprint density at radius 3 is 2.57 bits per heavy atom. The molecule has 2 aromatic heterocycles.